The van der Waals surface area contributed by atoms with Gasteiger partial charge in [-0.3, -0.25) is 4.79 Å². The molecule has 1 unspecified atom stereocenters. The summed E-state index contributed by atoms with van der Waals surface area (Å²) >= 11 is 1.57. The molecule has 1 aromatic heterocycles. The summed E-state index contributed by atoms with van der Waals surface area (Å²) in [5.74, 6) is -2.44. The minimum Gasteiger partial charge on any atom is -0.331 e. The number of hydrogen-bond donors (Lipinski definition) is 1. The molecule has 1 amide bonds. The maximum Gasteiger partial charge on any atom is 0.257 e. The van der Waals surface area contributed by atoms with Crippen LogP contribution in [0, 0.1) is 17.0 Å². The quantitative estimate of drug-likeness (QED) is 0.835. The van der Waals surface area contributed by atoms with Crippen LogP contribution < -0.4 is 5.32 Å². The smallest absolute Gasteiger partial charge is 0.257 e. The summed E-state index contributed by atoms with van der Waals surface area (Å²) in [4.78, 5) is 14.8. The molecule has 0 bridgehead atoms. The van der Waals surface area contributed by atoms with Crippen molar-refractivity contribution in [3.8, 4) is 0 Å². The van der Waals surface area contributed by atoms with E-state index in [1.165, 1.54) is 12.1 Å². The lowest BCUT2D eigenvalue weighted by molar-refractivity contribution is 0.0686. The number of hydrogen-bond acceptors (Lipinski definition) is 3. The first-order chi connectivity index (χ1) is 12.1. The van der Waals surface area contributed by atoms with Crippen molar-refractivity contribution >= 4 is 29.7 Å². The largest absolute Gasteiger partial charge is 0.331 e. The van der Waals surface area contributed by atoms with E-state index < -0.39 is 17.5 Å². The summed E-state index contributed by atoms with van der Waals surface area (Å²) in [7, 11) is 0. The lowest BCUT2D eigenvalue weighted by Gasteiger charge is -2.29. The molecule has 2 aromatic rings. The zero-order chi connectivity index (χ0) is 17.4. The molecule has 1 saturated heterocycles. The first-order valence-electron chi connectivity index (χ1n) is 8.57. The number of carbonyl (C=O) groups is 1. The molecule has 2 aliphatic rings. The van der Waals surface area contributed by atoms with Gasteiger partial charge in [-0.1, -0.05) is 6.07 Å². The summed E-state index contributed by atoms with van der Waals surface area (Å²) in [6.45, 7) is 2.34. The molecule has 7 heteroatoms. The first kappa shape index (κ1) is 19.3. The van der Waals surface area contributed by atoms with Crippen molar-refractivity contribution in [2.45, 2.75) is 31.8 Å². The summed E-state index contributed by atoms with van der Waals surface area (Å²) in [5.41, 5.74) is 0.998. The molecule has 4 rings (SSSR count). The average Bonchev–Trinajstić information content (AvgIpc) is 3.06. The van der Waals surface area contributed by atoms with E-state index in [-0.39, 0.29) is 29.4 Å². The van der Waals surface area contributed by atoms with Crippen LogP contribution >= 0.6 is 23.7 Å². The molecule has 1 aromatic carbocycles. The minimum absolute atomic E-state index is 0. The standard InChI is InChI=1S/C19H20F2N2OS.ClH/c20-15-3-1-2-14(17(15)21)18(24)23(11-13-4-9-25-12-13)16-10-19(16)5-7-22-8-6-19;/h1-4,9,12,16,22H,5-8,10-11H2;1H. The molecule has 1 aliphatic heterocycles. The Morgan fingerprint density at radius 1 is 1.27 bits per heavy atom. The average molecular weight is 399 g/mol. The number of piperidine rings is 1. The maximum atomic E-state index is 14.2. The lowest BCUT2D eigenvalue weighted by atomic mass is 9.93. The number of thiophene rings is 1. The predicted octanol–water partition coefficient (Wildman–Crippen LogP) is 4.23. The fraction of sp³-hybridized carbons (Fsp3) is 0.421. The number of halogens is 3. The predicted molar refractivity (Wildman–Crippen MR) is 101 cm³/mol. The van der Waals surface area contributed by atoms with Crippen molar-refractivity contribution in [1.82, 2.24) is 10.2 Å². The second-order valence-electron chi connectivity index (χ2n) is 7.00. The number of benzene rings is 1. The van der Waals surface area contributed by atoms with Gasteiger partial charge >= 0.3 is 0 Å². The van der Waals surface area contributed by atoms with Crippen LogP contribution in [0.2, 0.25) is 0 Å². The monoisotopic (exact) mass is 398 g/mol. The van der Waals surface area contributed by atoms with Crippen LogP contribution in [-0.2, 0) is 6.54 Å². The van der Waals surface area contributed by atoms with Gasteiger partial charge in [0, 0.05) is 12.6 Å². The van der Waals surface area contributed by atoms with E-state index in [9.17, 15) is 13.6 Å². The summed E-state index contributed by atoms with van der Waals surface area (Å²) in [6.07, 6.45) is 2.99. The molecular formula is C19H21ClF2N2OS. The van der Waals surface area contributed by atoms with E-state index in [0.29, 0.717) is 6.54 Å². The van der Waals surface area contributed by atoms with E-state index >= 15 is 0 Å². The molecule has 140 valence electrons. The van der Waals surface area contributed by atoms with Crippen LogP contribution in [0.25, 0.3) is 0 Å². The molecule has 1 N–H and O–H groups in total. The van der Waals surface area contributed by atoms with Crippen LogP contribution in [0.1, 0.15) is 35.2 Å². The van der Waals surface area contributed by atoms with Crippen molar-refractivity contribution < 1.29 is 13.6 Å². The molecule has 1 atom stereocenters. The van der Waals surface area contributed by atoms with Gasteiger partial charge in [-0.2, -0.15) is 11.3 Å². The fourth-order valence-corrected chi connectivity index (χ4v) is 4.62. The Bertz CT molecular complexity index is 778. The highest BCUT2D eigenvalue weighted by Crippen LogP contribution is 2.56. The Kier molecular flexibility index (Phi) is 5.65. The Morgan fingerprint density at radius 2 is 2.04 bits per heavy atom. The normalized spacial score (nSPS) is 20.5. The molecule has 2 heterocycles. The zero-order valence-corrected chi connectivity index (χ0v) is 15.8. The molecular weight excluding hydrogens is 378 g/mol. The highest BCUT2D eigenvalue weighted by atomic mass is 35.5. The third-order valence-electron chi connectivity index (χ3n) is 5.50. The molecule has 1 spiro atoms. The molecule has 2 fully saturated rings. The van der Waals surface area contributed by atoms with Gasteiger partial charge in [0.05, 0.1) is 5.56 Å². The van der Waals surface area contributed by atoms with Crippen molar-refractivity contribution in [1.29, 1.82) is 0 Å². The number of nitrogens with one attached hydrogen (secondary N) is 1. The van der Waals surface area contributed by atoms with E-state index in [4.69, 9.17) is 0 Å². The van der Waals surface area contributed by atoms with Crippen molar-refractivity contribution in [3.05, 3.63) is 57.8 Å². The van der Waals surface area contributed by atoms with Crippen molar-refractivity contribution in [2.75, 3.05) is 13.1 Å². The summed E-state index contributed by atoms with van der Waals surface area (Å²) in [6, 6.07) is 5.88. The van der Waals surface area contributed by atoms with Gasteiger partial charge in [0.25, 0.3) is 5.91 Å². The van der Waals surface area contributed by atoms with E-state index in [0.717, 1.165) is 44.0 Å². The molecule has 1 aliphatic carbocycles. The maximum absolute atomic E-state index is 14.2. The first-order valence-corrected chi connectivity index (χ1v) is 9.52. The molecule has 0 radical (unpaired) electrons. The third-order valence-corrected chi connectivity index (χ3v) is 6.23. The minimum atomic E-state index is -1.05. The van der Waals surface area contributed by atoms with Gasteiger partial charge in [-0.25, -0.2) is 8.78 Å². The number of nitrogens with zero attached hydrogens (tertiary/aromatic N) is 1. The molecule has 1 saturated carbocycles. The Labute approximate surface area is 161 Å². The SMILES string of the molecule is Cl.O=C(c1cccc(F)c1F)N(Cc1ccsc1)C1CC12CCNCC2. The van der Waals surface area contributed by atoms with Gasteiger partial charge in [-0.15, -0.1) is 12.4 Å². The van der Waals surface area contributed by atoms with Crippen LogP contribution in [-0.4, -0.2) is 29.9 Å². The van der Waals surface area contributed by atoms with Crippen LogP contribution in [0.3, 0.4) is 0 Å². The second-order valence-corrected chi connectivity index (χ2v) is 7.78. The van der Waals surface area contributed by atoms with Crippen molar-refractivity contribution in [3.63, 3.8) is 0 Å². The second kappa shape index (κ2) is 7.62. The van der Waals surface area contributed by atoms with Crippen LogP contribution in [0.15, 0.2) is 35.0 Å². The summed E-state index contributed by atoms with van der Waals surface area (Å²) < 4.78 is 27.8. The van der Waals surface area contributed by atoms with E-state index in [1.807, 2.05) is 16.8 Å². The number of carbonyl (C=O) groups excluding carboxylic acids is 1. The van der Waals surface area contributed by atoms with Gasteiger partial charge in [0.1, 0.15) is 0 Å². The number of rotatable bonds is 4. The van der Waals surface area contributed by atoms with Gasteiger partial charge in [0.15, 0.2) is 11.6 Å². The Hall–Kier alpha value is -1.50. The highest BCUT2D eigenvalue weighted by molar-refractivity contribution is 7.07. The zero-order valence-electron chi connectivity index (χ0n) is 14.2. The van der Waals surface area contributed by atoms with Gasteiger partial charge in [-0.05, 0) is 72.3 Å². The van der Waals surface area contributed by atoms with Crippen LogP contribution in [0.5, 0.6) is 0 Å². The number of amides is 1. The lowest BCUT2D eigenvalue weighted by Crippen LogP contribution is -2.39. The van der Waals surface area contributed by atoms with Crippen molar-refractivity contribution in [2.24, 2.45) is 5.41 Å². The third kappa shape index (κ3) is 3.50. The van der Waals surface area contributed by atoms with Gasteiger partial charge in [0.2, 0.25) is 0 Å². The highest BCUT2D eigenvalue weighted by Gasteiger charge is 2.57. The van der Waals surface area contributed by atoms with Gasteiger partial charge < -0.3 is 10.2 Å². The fourth-order valence-electron chi connectivity index (χ4n) is 3.96. The Morgan fingerprint density at radius 3 is 2.73 bits per heavy atom. The summed E-state index contributed by atoms with van der Waals surface area (Å²) in [5, 5.41) is 7.32. The topological polar surface area (TPSA) is 32.3 Å². The van der Waals surface area contributed by atoms with Crippen LogP contribution in [0.4, 0.5) is 8.78 Å². The molecule has 26 heavy (non-hydrogen) atoms. The molecule has 3 nitrogen and oxygen atoms in total. The Balaban J connectivity index is 0.00000196. The van der Waals surface area contributed by atoms with E-state index in [2.05, 4.69) is 5.32 Å². The van der Waals surface area contributed by atoms with E-state index in [1.54, 1.807) is 16.2 Å².